The molecule has 0 radical (unpaired) electrons. The molecular weight excluding hydrogens is 408 g/mol. The predicted octanol–water partition coefficient (Wildman–Crippen LogP) is 3.46. The van der Waals surface area contributed by atoms with E-state index in [9.17, 15) is 9.59 Å². The smallest absolute Gasteiger partial charge is 0.416 e. The van der Waals surface area contributed by atoms with Gasteiger partial charge in [0.1, 0.15) is 11.3 Å². The fraction of sp³-hybridized carbons (Fsp3) is 0.261. The maximum atomic E-state index is 13.1. The SMILES string of the molecule is Cn1cc(-n2ccc(=O)c(N(Cc3ccc4ncccc4c3)C(=O)OC(C)(C)C)n2)cn1. The van der Waals surface area contributed by atoms with Gasteiger partial charge in [-0.15, -0.1) is 5.10 Å². The van der Waals surface area contributed by atoms with E-state index in [-0.39, 0.29) is 12.4 Å². The first kappa shape index (κ1) is 21.2. The van der Waals surface area contributed by atoms with Gasteiger partial charge in [-0.3, -0.25) is 19.4 Å². The van der Waals surface area contributed by atoms with Gasteiger partial charge in [0.05, 0.1) is 24.5 Å². The molecule has 0 aliphatic rings. The quantitative estimate of drug-likeness (QED) is 0.490. The second-order valence-electron chi connectivity index (χ2n) is 8.42. The van der Waals surface area contributed by atoms with Crippen molar-refractivity contribution in [3.05, 3.63) is 77.0 Å². The van der Waals surface area contributed by atoms with Gasteiger partial charge in [-0.2, -0.15) is 5.10 Å². The molecule has 1 aromatic carbocycles. The number of fused-ring (bicyclic) bond motifs is 1. The molecule has 0 atom stereocenters. The van der Waals surface area contributed by atoms with E-state index in [2.05, 4.69) is 15.2 Å². The standard InChI is InChI=1S/C23H24N6O3/c1-23(2,3)32-22(31)28(14-16-7-8-19-17(12-16)6-5-10-24-19)21-20(30)9-11-29(26-21)18-13-25-27(4)15-18/h5-13,15H,14H2,1-4H3. The molecule has 0 aliphatic carbocycles. The second kappa shape index (κ2) is 8.26. The van der Waals surface area contributed by atoms with Crippen LogP contribution in [-0.4, -0.2) is 36.2 Å². The summed E-state index contributed by atoms with van der Waals surface area (Å²) in [6.45, 7) is 5.43. The van der Waals surface area contributed by atoms with Crippen molar-refractivity contribution in [3.63, 3.8) is 0 Å². The zero-order chi connectivity index (χ0) is 22.9. The molecule has 0 unspecified atom stereocenters. The van der Waals surface area contributed by atoms with Crippen molar-refractivity contribution in [2.45, 2.75) is 32.9 Å². The van der Waals surface area contributed by atoms with Crippen LogP contribution in [0.15, 0.2) is 66.0 Å². The summed E-state index contributed by atoms with van der Waals surface area (Å²) in [6.07, 6.45) is 5.99. The zero-order valence-electron chi connectivity index (χ0n) is 18.4. The number of carbonyl (C=O) groups excluding carboxylic acids is 1. The van der Waals surface area contributed by atoms with E-state index in [1.807, 2.05) is 30.3 Å². The highest BCUT2D eigenvalue weighted by atomic mass is 16.6. The minimum absolute atomic E-state index is 0.0307. The van der Waals surface area contributed by atoms with Crippen molar-refractivity contribution >= 4 is 22.8 Å². The molecule has 9 heteroatoms. The van der Waals surface area contributed by atoms with Crippen LogP contribution in [0.4, 0.5) is 10.6 Å². The van der Waals surface area contributed by atoms with E-state index in [1.54, 1.807) is 51.1 Å². The summed E-state index contributed by atoms with van der Waals surface area (Å²) in [5.41, 5.74) is 1.19. The Morgan fingerprint density at radius 3 is 2.72 bits per heavy atom. The summed E-state index contributed by atoms with van der Waals surface area (Å²) in [5, 5.41) is 9.50. The fourth-order valence-corrected chi connectivity index (χ4v) is 3.20. The van der Waals surface area contributed by atoms with Crippen LogP contribution in [0.1, 0.15) is 26.3 Å². The largest absolute Gasteiger partial charge is 0.443 e. The molecule has 4 aromatic rings. The summed E-state index contributed by atoms with van der Waals surface area (Å²) in [5.74, 6) is -0.0307. The van der Waals surface area contributed by atoms with Crippen LogP contribution < -0.4 is 10.3 Å². The number of amides is 1. The van der Waals surface area contributed by atoms with Crippen molar-refractivity contribution in [1.82, 2.24) is 24.5 Å². The van der Waals surface area contributed by atoms with Gasteiger partial charge in [0, 0.05) is 30.9 Å². The van der Waals surface area contributed by atoms with Crippen LogP contribution in [0.2, 0.25) is 0 Å². The van der Waals surface area contributed by atoms with Crippen molar-refractivity contribution < 1.29 is 9.53 Å². The van der Waals surface area contributed by atoms with Gasteiger partial charge in [0.25, 0.3) is 0 Å². The maximum absolute atomic E-state index is 13.1. The summed E-state index contributed by atoms with van der Waals surface area (Å²) in [6, 6.07) is 10.8. The average molecular weight is 432 g/mol. The lowest BCUT2D eigenvalue weighted by Crippen LogP contribution is -2.39. The third-order valence-corrected chi connectivity index (χ3v) is 4.62. The number of carbonyl (C=O) groups is 1. The normalized spacial score (nSPS) is 11.5. The molecule has 32 heavy (non-hydrogen) atoms. The predicted molar refractivity (Wildman–Crippen MR) is 121 cm³/mol. The average Bonchev–Trinajstić information content (AvgIpc) is 3.17. The van der Waals surface area contributed by atoms with E-state index in [0.717, 1.165) is 16.5 Å². The lowest BCUT2D eigenvalue weighted by molar-refractivity contribution is 0.0575. The van der Waals surface area contributed by atoms with Crippen LogP contribution >= 0.6 is 0 Å². The highest BCUT2D eigenvalue weighted by molar-refractivity contribution is 5.87. The molecule has 1 amide bonds. The number of hydrogen-bond donors (Lipinski definition) is 0. The lowest BCUT2D eigenvalue weighted by atomic mass is 10.1. The second-order valence-corrected chi connectivity index (χ2v) is 8.42. The number of pyridine rings is 1. The van der Waals surface area contributed by atoms with E-state index >= 15 is 0 Å². The summed E-state index contributed by atoms with van der Waals surface area (Å²) < 4.78 is 8.72. The van der Waals surface area contributed by atoms with Crippen molar-refractivity contribution in [3.8, 4) is 5.69 Å². The first-order valence-corrected chi connectivity index (χ1v) is 10.1. The van der Waals surface area contributed by atoms with Crippen molar-refractivity contribution in [2.24, 2.45) is 7.05 Å². The maximum Gasteiger partial charge on any atom is 0.416 e. The van der Waals surface area contributed by atoms with Crippen LogP contribution in [0.25, 0.3) is 16.6 Å². The Morgan fingerprint density at radius 1 is 1.19 bits per heavy atom. The first-order valence-electron chi connectivity index (χ1n) is 10.1. The highest BCUT2D eigenvalue weighted by Gasteiger charge is 2.27. The number of hydrogen-bond acceptors (Lipinski definition) is 6. The fourth-order valence-electron chi connectivity index (χ4n) is 3.20. The molecule has 0 saturated heterocycles. The van der Waals surface area contributed by atoms with Gasteiger partial charge < -0.3 is 4.74 Å². The van der Waals surface area contributed by atoms with Gasteiger partial charge in [0.2, 0.25) is 11.2 Å². The van der Waals surface area contributed by atoms with Gasteiger partial charge in [-0.1, -0.05) is 12.1 Å². The summed E-state index contributed by atoms with van der Waals surface area (Å²) in [7, 11) is 1.79. The number of ether oxygens (including phenoxy) is 1. The minimum atomic E-state index is -0.736. The molecule has 164 valence electrons. The molecule has 9 nitrogen and oxygen atoms in total. The monoisotopic (exact) mass is 432 g/mol. The van der Waals surface area contributed by atoms with Crippen molar-refractivity contribution in [2.75, 3.05) is 4.90 Å². The summed E-state index contributed by atoms with van der Waals surface area (Å²) >= 11 is 0. The number of rotatable bonds is 4. The van der Waals surface area contributed by atoms with Crippen LogP contribution in [0, 0.1) is 0 Å². The molecule has 0 saturated carbocycles. The Kier molecular flexibility index (Phi) is 5.48. The zero-order valence-corrected chi connectivity index (χ0v) is 18.4. The Morgan fingerprint density at radius 2 is 2.00 bits per heavy atom. The molecule has 0 N–H and O–H groups in total. The number of benzene rings is 1. The van der Waals surface area contributed by atoms with Gasteiger partial charge >= 0.3 is 6.09 Å². The molecular formula is C23H24N6O3. The van der Waals surface area contributed by atoms with Crippen LogP contribution in [0.5, 0.6) is 0 Å². The highest BCUT2D eigenvalue weighted by Crippen LogP contribution is 2.20. The number of anilines is 1. The molecule has 0 bridgehead atoms. The van der Waals surface area contributed by atoms with E-state index in [1.165, 1.54) is 21.8 Å². The summed E-state index contributed by atoms with van der Waals surface area (Å²) in [4.78, 5) is 31.5. The van der Waals surface area contributed by atoms with E-state index < -0.39 is 17.1 Å². The molecule has 4 rings (SSSR count). The lowest BCUT2D eigenvalue weighted by Gasteiger charge is -2.26. The molecule has 3 aromatic heterocycles. The molecule has 0 aliphatic heterocycles. The number of nitrogens with zero attached hydrogens (tertiary/aromatic N) is 6. The number of aromatic nitrogens is 5. The molecule has 3 heterocycles. The van der Waals surface area contributed by atoms with Crippen LogP contribution in [0.3, 0.4) is 0 Å². The third-order valence-electron chi connectivity index (χ3n) is 4.62. The number of aryl methyl sites for hydroxylation is 1. The Bertz CT molecular complexity index is 1340. The van der Waals surface area contributed by atoms with Crippen LogP contribution in [-0.2, 0) is 18.3 Å². The van der Waals surface area contributed by atoms with E-state index in [4.69, 9.17) is 4.74 Å². The Balaban J connectivity index is 1.76. The van der Waals surface area contributed by atoms with E-state index in [0.29, 0.717) is 5.69 Å². The Labute approximate surface area is 184 Å². The topological polar surface area (TPSA) is 95.1 Å². The third kappa shape index (κ3) is 4.66. The Hall–Kier alpha value is -4.01. The molecule has 0 fully saturated rings. The van der Waals surface area contributed by atoms with Gasteiger partial charge in [-0.25, -0.2) is 9.48 Å². The van der Waals surface area contributed by atoms with Crippen molar-refractivity contribution in [1.29, 1.82) is 0 Å². The van der Waals surface area contributed by atoms with Gasteiger partial charge in [-0.05, 0) is 44.5 Å². The molecule has 0 spiro atoms. The minimum Gasteiger partial charge on any atom is -0.443 e. The first-order chi connectivity index (χ1) is 15.2. The van der Waals surface area contributed by atoms with Gasteiger partial charge in [0.15, 0.2) is 0 Å².